The molecule has 0 aliphatic carbocycles. The lowest BCUT2D eigenvalue weighted by Crippen LogP contribution is -2.40. The molecule has 0 unspecified atom stereocenters. The summed E-state index contributed by atoms with van der Waals surface area (Å²) in [5.74, 6) is 0.939. The van der Waals surface area contributed by atoms with Gasteiger partial charge in [-0.3, -0.25) is 9.59 Å². The van der Waals surface area contributed by atoms with Gasteiger partial charge in [-0.1, -0.05) is 42.5 Å². The summed E-state index contributed by atoms with van der Waals surface area (Å²) in [5.41, 5.74) is 1.56. The van der Waals surface area contributed by atoms with Crippen molar-refractivity contribution in [1.29, 1.82) is 0 Å². The predicted molar refractivity (Wildman–Crippen MR) is 101 cm³/mol. The Balaban J connectivity index is 1.31. The molecule has 28 heavy (non-hydrogen) atoms. The van der Waals surface area contributed by atoms with Crippen molar-refractivity contribution in [3.8, 4) is 17.1 Å². The largest absolute Gasteiger partial charge is 0.482 e. The van der Waals surface area contributed by atoms with Crippen LogP contribution in [-0.4, -0.2) is 30.0 Å². The second-order valence-corrected chi connectivity index (χ2v) is 6.20. The number of aromatic nitrogens is 1. The minimum Gasteiger partial charge on any atom is -0.482 e. The number of fused-ring (bicyclic) bond motifs is 1. The Bertz CT molecular complexity index is 983. The average molecular weight is 378 g/mol. The Morgan fingerprint density at radius 1 is 1.11 bits per heavy atom. The first kappa shape index (κ1) is 17.8. The number of esters is 1. The van der Waals surface area contributed by atoms with E-state index in [2.05, 4.69) is 4.98 Å². The van der Waals surface area contributed by atoms with Gasteiger partial charge in [0.15, 0.2) is 19.0 Å². The zero-order chi connectivity index (χ0) is 19.3. The van der Waals surface area contributed by atoms with Gasteiger partial charge in [-0.05, 0) is 12.1 Å². The second kappa shape index (κ2) is 7.96. The minimum absolute atomic E-state index is 0.0371. The summed E-state index contributed by atoms with van der Waals surface area (Å²) in [6, 6.07) is 16.8. The molecule has 0 saturated heterocycles. The van der Waals surface area contributed by atoms with Crippen molar-refractivity contribution in [3.05, 3.63) is 66.7 Å². The first-order valence-electron chi connectivity index (χ1n) is 8.88. The molecule has 0 spiro atoms. The maximum atomic E-state index is 12.1. The minimum atomic E-state index is -0.434. The van der Waals surface area contributed by atoms with E-state index in [0.29, 0.717) is 23.1 Å². The second-order valence-electron chi connectivity index (χ2n) is 6.20. The lowest BCUT2D eigenvalue weighted by Gasteiger charge is -2.28. The van der Waals surface area contributed by atoms with Crippen molar-refractivity contribution < 1.29 is 23.5 Å². The van der Waals surface area contributed by atoms with Crippen molar-refractivity contribution >= 4 is 17.6 Å². The van der Waals surface area contributed by atoms with Crippen LogP contribution in [0.15, 0.2) is 65.2 Å². The fourth-order valence-corrected chi connectivity index (χ4v) is 2.93. The Morgan fingerprint density at radius 3 is 2.75 bits per heavy atom. The number of rotatable bonds is 6. The molecule has 0 bridgehead atoms. The van der Waals surface area contributed by atoms with Gasteiger partial charge >= 0.3 is 5.97 Å². The maximum Gasteiger partial charge on any atom is 0.308 e. The van der Waals surface area contributed by atoms with Crippen LogP contribution in [0.5, 0.6) is 5.75 Å². The van der Waals surface area contributed by atoms with Gasteiger partial charge in [-0.25, -0.2) is 4.98 Å². The molecule has 3 aromatic rings. The molecular formula is C21H18N2O5. The van der Waals surface area contributed by atoms with Crippen LogP contribution in [0.1, 0.15) is 12.3 Å². The number of nitrogens with zero attached hydrogens (tertiary/aromatic N) is 2. The first-order valence-corrected chi connectivity index (χ1v) is 8.88. The molecule has 4 rings (SSSR count). The predicted octanol–water partition coefficient (Wildman–Crippen LogP) is 3.20. The number of amides is 1. The summed E-state index contributed by atoms with van der Waals surface area (Å²) in [4.78, 5) is 29.9. The molecule has 0 radical (unpaired) electrons. The number of carbonyl (C=O) groups excluding carboxylic acids is 2. The molecule has 0 N–H and O–H groups in total. The van der Waals surface area contributed by atoms with Crippen molar-refractivity contribution in [2.45, 2.75) is 13.0 Å². The highest BCUT2D eigenvalue weighted by Crippen LogP contribution is 2.31. The molecule has 1 aliphatic rings. The van der Waals surface area contributed by atoms with Crippen molar-refractivity contribution in [2.24, 2.45) is 0 Å². The van der Waals surface area contributed by atoms with E-state index in [-0.39, 0.29) is 32.1 Å². The van der Waals surface area contributed by atoms with E-state index in [4.69, 9.17) is 13.9 Å². The maximum absolute atomic E-state index is 12.1. The number of hydrogen-bond donors (Lipinski definition) is 0. The van der Waals surface area contributed by atoms with Gasteiger partial charge in [0.1, 0.15) is 5.75 Å². The highest BCUT2D eigenvalue weighted by Gasteiger charge is 2.25. The number of hydrogen-bond acceptors (Lipinski definition) is 6. The summed E-state index contributed by atoms with van der Waals surface area (Å²) in [6.07, 6.45) is 1.66. The summed E-state index contributed by atoms with van der Waals surface area (Å²) in [6.45, 7) is 0.128. The fraction of sp³-hybridized carbons (Fsp3) is 0.190. The quantitative estimate of drug-likeness (QED) is 0.613. The highest BCUT2D eigenvalue weighted by molar-refractivity contribution is 5.98. The lowest BCUT2D eigenvalue weighted by atomic mass is 10.2. The van der Waals surface area contributed by atoms with Crippen LogP contribution >= 0.6 is 0 Å². The van der Waals surface area contributed by atoms with E-state index in [1.807, 2.05) is 42.5 Å². The zero-order valence-corrected chi connectivity index (χ0v) is 15.0. The van der Waals surface area contributed by atoms with E-state index in [0.717, 1.165) is 5.56 Å². The third-order valence-corrected chi connectivity index (χ3v) is 4.32. The molecular weight excluding hydrogens is 360 g/mol. The van der Waals surface area contributed by atoms with Crippen molar-refractivity contribution in [3.63, 3.8) is 0 Å². The molecule has 2 heterocycles. The molecule has 1 aromatic heterocycles. The van der Waals surface area contributed by atoms with E-state index >= 15 is 0 Å². The standard InChI is InChI=1S/C21H18N2O5/c24-20-14-26-17-9-5-4-8-16(17)23(20)11-10-21(25)27-13-19-22-12-18(28-19)15-6-2-1-3-7-15/h1-9,12H,10-11,13-14H2. The normalized spacial score (nSPS) is 13.0. The SMILES string of the molecule is O=C(CCN1C(=O)COc2ccccc21)OCc1ncc(-c2ccccc2)o1. The van der Waals surface area contributed by atoms with Gasteiger partial charge in [0.05, 0.1) is 18.3 Å². The topological polar surface area (TPSA) is 81.9 Å². The van der Waals surface area contributed by atoms with Crippen molar-refractivity contribution in [1.82, 2.24) is 4.98 Å². The molecule has 2 aromatic carbocycles. The van der Waals surface area contributed by atoms with Gasteiger partial charge < -0.3 is 18.8 Å². The average Bonchev–Trinajstić information content (AvgIpc) is 3.21. The monoisotopic (exact) mass is 378 g/mol. The first-order chi connectivity index (χ1) is 13.7. The van der Waals surface area contributed by atoms with E-state index in [1.54, 1.807) is 23.2 Å². The van der Waals surface area contributed by atoms with Gasteiger partial charge in [0.25, 0.3) is 5.91 Å². The molecule has 0 atom stereocenters. The summed E-state index contributed by atoms with van der Waals surface area (Å²) < 4.78 is 16.2. The van der Waals surface area contributed by atoms with Crippen LogP contribution in [0.25, 0.3) is 11.3 Å². The van der Waals surface area contributed by atoms with Gasteiger partial charge in [0, 0.05) is 12.1 Å². The molecule has 1 aliphatic heterocycles. The Labute approximate surface area is 161 Å². The lowest BCUT2D eigenvalue weighted by molar-refractivity contribution is -0.145. The van der Waals surface area contributed by atoms with Crippen LogP contribution in [0.3, 0.4) is 0 Å². The molecule has 0 saturated carbocycles. The molecule has 7 heteroatoms. The Morgan fingerprint density at radius 2 is 1.89 bits per heavy atom. The van der Waals surface area contributed by atoms with E-state index in [9.17, 15) is 9.59 Å². The number of ether oxygens (including phenoxy) is 2. The zero-order valence-electron chi connectivity index (χ0n) is 15.0. The number of oxazole rings is 1. The van der Waals surface area contributed by atoms with Crippen LogP contribution in [0.4, 0.5) is 5.69 Å². The summed E-state index contributed by atoms with van der Waals surface area (Å²) >= 11 is 0. The van der Waals surface area contributed by atoms with Gasteiger partial charge in [-0.15, -0.1) is 0 Å². The molecule has 1 amide bonds. The smallest absolute Gasteiger partial charge is 0.308 e. The highest BCUT2D eigenvalue weighted by atomic mass is 16.5. The van der Waals surface area contributed by atoms with Gasteiger partial charge in [0.2, 0.25) is 5.89 Å². The van der Waals surface area contributed by atoms with Crippen LogP contribution in [0.2, 0.25) is 0 Å². The Kier molecular flexibility index (Phi) is 5.05. The number of anilines is 1. The van der Waals surface area contributed by atoms with Crippen LogP contribution < -0.4 is 9.64 Å². The number of para-hydroxylation sites is 2. The number of benzene rings is 2. The number of carbonyl (C=O) groups is 2. The molecule has 142 valence electrons. The Hall–Kier alpha value is -3.61. The third-order valence-electron chi connectivity index (χ3n) is 4.32. The summed E-state index contributed by atoms with van der Waals surface area (Å²) in [7, 11) is 0. The van der Waals surface area contributed by atoms with Crippen LogP contribution in [0, 0.1) is 0 Å². The fourth-order valence-electron chi connectivity index (χ4n) is 2.93. The van der Waals surface area contributed by atoms with Crippen LogP contribution in [-0.2, 0) is 20.9 Å². The third kappa shape index (κ3) is 3.88. The van der Waals surface area contributed by atoms with Gasteiger partial charge in [-0.2, -0.15) is 0 Å². The van der Waals surface area contributed by atoms with Crippen molar-refractivity contribution in [2.75, 3.05) is 18.1 Å². The molecule has 0 fully saturated rings. The van der Waals surface area contributed by atoms with E-state index in [1.165, 1.54) is 0 Å². The van der Waals surface area contributed by atoms with E-state index < -0.39 is 5.97 Å². The molecule has 7 nitrogen and oxygen atoms in total. The summed E-state index contributed by atoms with van der Waals surface area (Å²) in [5, 5.41) is 0.